The Labute approximate surface area is 130 Å². The van der Waals surface area contributed by atoms with E-state index in [1.807, 2.05) is 6.92 Å². The molecule has 0 fully saturated rings. The van der Waals surface area contributed by atoms with Crippen LogP contribution in [0.1, 0.15) is 65.2 Å². The van der Waals surface area contributed by atoms with Crippen LogP contribution in [0.25, 0.3) is 0 Å². The zero-order valence-electron chi connectivity index (χ0n) is 13.9. The smallest absolute Gasteiger partial charge is 0.407 e. The third kappa shape index (κ3) is 9.36. The maximum atomic E-state index is 11.6. The lowest BCUT2D eigenvalue weighted by atomic mass is 10.0. The summed E-state index contributed by atoms with van der Waals surface area (Å²) in [5, 5.41) is 2.75. The average molecular weight is 297 g/mol. The van der Waals surface area contributed by atoms with E-state index in [0.29, 0.717) is 13.0 Å². The van der Waals surface area contributed by atoms with Crippen molar-refractivity contribution >= 4 is 6.09 Å². The molecule has 0 rings (SSSR count). The number of nitrogens with one attached hydrogen (secondary N) is 1. The molecule has 0 radical (unpaired) electrons. The van der Waals surface area contributed by atoms with Crippen LogP contribution < -0.4 is 5.32 Å². The minimum absolute atomic E-state index is 0.0934. The lowest BCUT2D eigenvalue weighted by molar-refractivity contribution is -0.0193. The maximum Gasteiger partial charge on any atom is 0.407 e. The topological polar surface area (TPSA) is 47.6 Å². The highest BCUT2D eigenvalue weighted by molar-refractivity contribution is 5.67. The highest BCUT2D eigenvalue weighted by Crippen LogP contribution is 2.17. The number of hydrogen-bond acceptors (Lipinski definition) is 3. The third-order valence-electron chi connectivity index (χ3n) is 3.54. The van der Waals surface area contributed by atoms with E-state index in [2.05, 4.69) is 18.2 Å². The summed E-state index contributed by atoms with van der Waals surface area (Å²) in [7, 11) is 1.55. The minimum atomic E-state index is -0.799. The predicted octanol–water partition coefficient (Wildman–Crippen LogP) is 3.89. The molecule has 0 bridgehead atoms. The second kappa shape index (κ2) is 12.5. The molecule has 4 nitrogen and oxygen atoms in total. The van der Waals surface area contributed by atoms with Crippen molar-refractivity contribution in [1.82, 2.24) is 5.32 Å². The zero-order chi connectivity index (χ0) is 16.0. The van der Waals surface area contributed by atoms with Gasteiger partial charge in [0.25, 0.3) is 0 Å². The maximum absolute atomic E-state index is 11.6. The van der Waals surface area contributed by atoms with E-state index in [0.717, 1.165) is 19.3 Å². The summed E-state index contributed by atoms with van der Waals surface area (Å²) in [5.41, 5.74) is -0.799. The molecule has 0 aromatic heterocycles. The molecular weight excluding hydrogens is 266 g/mol. The zero-order valence-corrected chi connectivity index (χ0v) is 13.9. The lowest BCUT2D eigenvalue weighted by Crippen LogP contribution is -2.38. The molecule has 1 amide bonds. The van der Waals surface area contributed by atoms with Gasteiger partial charge in [-0.1, -0.05) is 58.3 Å². The number of ether oxygens (including phenoxy) is 2. The molecule has 0 saturated carbocycles. The lowest BCUT2D eigenvalue weighted by Gasteiger charge is -2.25. The van der Waals surface area contributed by atoms with Gasteiger partial charge in [-0.15, -0.1) is 6.42 Å². The third-order valence-corrected chi connectivity index (χ3v) is 3.54. The molecule has 4 heteroatoms. The second-order valence-electron chi connectivity index (χ2n) is 5.36. The first-order chi connectivity index (χ1) is 10.1. The first-order valence-electron chi connectivity index (χ1n) is 8.07. The van der Waals surface area contributed by atoms with Gasteiger partial charge < -0.3 is 14.8 Å². The van der Waals surface area contributed by atoms with Crippen LogP contribution in [0.15, 0.2) is 0 Å². The number of amides is 1. The summed E-state index contributed by atoms with van der Waals surface area (Å²) >= 11 is 0. The van der Waals surface area contributed by atoms with Gasteiger partial charge in [-0.3, -0.25) is 0 Å². The first kappa shape index (κ1) is 19.8. The number of hydrogen-bond donors (Lipinski definition) is 1. The van der Waals surface area contributed by atoms with Crippen molar-refractivity contribution < 1.29 is 14.3 Å². The fourth-order valence-electron chi connectivity index (χ4n) is 2.14. The Kier molecular flexibility index (Phi) is 11.8. The number of terminal acetylenes is 1. The summed E-state index contributed by atoms with van der Waals surface area (Å²) in [5.74, 6) is 2.59. The van der Waals surface area contributed by atoms with Crippen molar-refractivity contribution in [1.29, 1.82) is 0 Å². The van der Waals surface area contributed by atoms with Crippen molar-refractivity contribution in [2.45, 2.75) is 70.8 Å². The summed E-state index contributed by atoms with van der Waals surface area (Å²) < 4.78 is 10.5. The van der Waals surface area contributed by atoms with Crippen molar-refractivity contribution in [3.8, 4) is 12.3 Å². The monoisotopic (exact) mass is 297 g/mol. The van der Waals surface area contributed by atoms with E-state index in [1.165, 1.54) is 25.7 Å². The van der Waals surface area contributed by atoms with Crippen LogP contribution in [0, 0.1) is 12.3 Å². The number of methoxy groups -OCH3 is 1. The molecule has 0 saturated heterocycles. The standard InChI is InChI=1S/C17H31NO3/c1-5-8-9-10-11-12-14-18-16(19)21-15-17(7-3,20-4)13-6-2/h3H,5-6,8-15H2,1-2,4H3,(H,18,19). The van der Waals surface area contributed by atoms with Crippen molar-refractivity contribution in [2.75, 3.05) is 20.3 Å². The van der Waals surface area contributed by atoms with Crippen LogP contribution >= 0.6 is 0 Å². The fraction of sp³-hybridized carbons (Fsp3) is 0.824. The Bertz CT molecular complexity index is 312. The van der Waals surface area contributed by atoms with E-state index < -0.39 is 11.7 Å². The number of unbranched alkanes of at least 4 members (excludes halogenated alkanes) is 5. The second-order valence-corrected chi connectivity index (χ2v) is 5.36. The highest BCUT2D eigenvalue weighted by Gasteiger charge is 2.28. The molecule has 1 atom stereocenters. The molecular formula is C17H31NO3. The molecule has 0 aromatic rings. The average Bonchev–Trinajstić information content (AvgIpc) is 2.50. The van der Waals surface area contributed by atoms with Gasteiger partial charge in [0.15, 0.2) is 5.60 Å². The fourth-order valence-corrected chi connectivity index (χ4v) is 2.14. The van der Waals surface area contributed by atoms with E-state index in [9.17, 15) is 4.79 Å². The Morgan fingerprint density at radius 3 is 2.38 bits per heavy atom. The number of carbonyl (C=O) groups is 1. The summed E-state index contributed by atoms with van der Waals surface area (Å²) in [4.78, 5) is 11.6. The largest absolute Gasteiger partial charge is 0.445 e. The minimum Gasteiger partial charge on any atom is -0.445 e. The van der Waals surface area contributed by atoms with Crippen molar-refractivity contribution in [2.24, 2.45) is 0 Å². The van der Waals surface area contributed by atoms with Crippen LogP contribution in [-0.4, -0.2) is 32.0 Å². The summed E-state index contributed by atoms with van der Waals surface area (Å²) in [6.07, 6.45) is 13.8. The Morgan fingerprint density at radius 1 is 1.14 bits per heavy atom. The summed E-state index contributed by atoms with van der Waals surface area (Å²) in [6, 6.07) is 0. The van der Waals surface area contributed by atoms with Gasteiger partial charge in [0, 0.05) is 13.7 Å². The van der Waals surface area contributed by atoms with Gasteiger partial charge in [-0.05, 0) is 12.8 Å². The van der Waals surface area contributed by atoms with Gasteiger partial charge in [0.05, 0.1) is 0 Å². The number of carbonyl (C=O) groups excluding carboxylic acids is 1. The molecule has 0 aromatic carbocycles. The number of rotatable bonds is 12. The van der Waals surface area contributed by atoms with Crippen LogP contribution in [0.2, 0.25) is 0 Å². The van der Waals surface area contributed by atoms with E-state index >= 15 is 0 Å². The molecule has 1 N–H and O–H groups in total. The molecule has 0 spiro atoms. The molecule has 0 aliphatic heterocycles. The van der Waals surface area contributed by atoms with Crippen LogP contribution in [-0.2, 0) is 9.47 Å². The molecule has 1 unspecified atom stereocenters. The summed E-state index contributed by atoms with van der Waals surface area (Å²) in [6.45, 7) is 4.96. The van der Waals surface area contributed by atoms with Gasteiger partial charge in [-0.2, -0.15) is 0 Å². The number of alkyl carbamates (subject to hydrolysis) is 1. The van der Waals surface area contributed by atoms with E-state index in [1.54, 1.807) is 7.11 Å². The SMILES string of the molecule is C#CC(CCC)(COC(=O)NCCCCCCCC)OC. The van der Waals surface area contributed by atoms with Gasteiger partial charge in [0.1, 0.15) is 6.61 Å². The normalized spacial score (nSPS) is 13.2. The van der Waals surface area contributed by atoms with Crippen LogP contribution in [0.3, 0.4) is 0 Å². The van der Waals surface area contributed by atoms with Crippen molar-refractivity contribution in [3.63, 3.8) is 0 Å². The van der Waals surface area contributed by atoms with E-state index in [-0.39, 0.29) is 6.61 Å². The van der Waals surface area contributed by atoms with Crippen LogP contribution in [0.4, 0.5) is 4.79 Å². The van der Waals surface area contributed by atoms with Crippen molar-refractivity contribution in [3.05, 3.63) is 0 Å². The first-order valence-corrected chi connectivity index (χ1v) is 8.07. The molecule has 21 heavy (non-hydrogen) atoms. The molecule has 0 heterocycles. The molecule has 0 aliphatic carbocycles. The molecule has 0 aliphatic rings. The highest BCUT2D eigenvalue weighted by atomic mass is 16.6. The Morgan fingerprint density at radius 2 is 1.81 bits per heavy atom. The van der Waals surface area contributed by atoms with Gasteiger partial charge >= 0.3 is 6.09 Å². The van der Waals surface area contributed by atoms with Gasteiger partial charge in [-0.25, -0.2) is 4.79 Å². The molecule has 122 valence electrons. The van der Waals surface area contributed by atoms with Gasteiger partial charge in [0.2, 0.25) is 0 Å². The predicted molar refractivity (Wildman–Crippen MR) is 86.2 cm³/mol. The van der Waals surface area contributed by atoms with Crippen LogP contribution in [0.5, 0.6) is 0 Å². The quantitative estimate of drug-likeness (QED) is 0.439. The Balaban J connectivity index is 3.77. The van der Waals surface area contributed by atoms with E-state index in [4.69, 9.17) is 15.9 Å². The Hall–Kier alpha value is -1.21.